The summed E-state index contributed by atoms with van der Waals surface area (Å²) in [6.45, 7) is 3.85. The lowest BCUT2D eigenvalue weighted by atomic mass is 10.2. The van der Waals surface area contributed by atoms with Crippen LogP contribution < -0.4 is 5.32 Å². The molecule has 1 amide bonds. The highest BCUT2D eigenvalue weighted by molar-refractivity contribution is 5.91. The van der Waals surface area contributed by atoms with Gasteiger partial charge in [-0.3, -0.25) is 9.90 Å². The van der Waals surface area contributed by atoms with Crippen LogP contribution in [0.15, 0.2) is 16.7 Å². The van der Waals surface area contributed by atoms with Gasteiger partial charge in [-0.1, -0.05) is 6.92 Å². The first-order valence-corrected chi connectivity index (χ1v) is 4.20. The summed E-state index contributed by atoms with van der Waals surface area (Å²) in [6.07, 6.45) is 1.86. The Morgan fingerprint density at radius 1 is 1.69 bits per heavy atom. The van der Waals surface area contributed by atoms with Gasteiger partial charge >= 0.3 is 0 Å². The second kappa shape index (κ2) is 3.98. The zero-order valence-electron chi connectivity index (χ0n) is 7.66. The molecule has 0 fully saturated rings. The summed E-state index contributed by atoms with van der Waals surface area (Å²) in [6, 6.07) is 1.27. The van der Waals surface area contributed by atoms with Crippen molar-refractivity contribution in [3.05, 3.63) is 18.1 Å². The van der Waals surface area contributed by atoms with Crippen molar-refractivity contribution >= 4 is 5.91 Å². The van der Waals surface area contributed by atoms with Crippen molar-refractivity contribution in [3.8, 4) is 5.75 Å². The van der Waals surface area contributed by atoms with Crippen LogP contribution in [0.1, 0.15) is 30.8 Å². The van der Waals surface area contributed by atoms with Crippen molar-refractivity contribution in [2.24, 2.45) is 0 Å². The molecule has 0 aromatic carbocycles. The van der Waals surface area contributed by atoms with Gasteiger partial charge in [0.1, 0.15) is 6.26 Å². The van der Waals surface area contributed by atoms with Crippen molar-refractivity contribution in [2.45, 2.75) is 26.3 Å². The minimum absolute atomic E-state index is 0.0744. The number of carbonyl (C=O) groups excluding carboxylic acids is 1. The Kier molecular flexibility index (Phi) is 2.95. The van der Waals surface area contributed by atoms with E-state index in [0.29, 0.717) is 0 Å². The van der Waals surface area contributed by atoms with Crippen molar-refractivity contribution < 1.29 is 14.3 Å². The predicted octanol–water partition coefficient (Wildman–Crippen LogP) is 1.95. The van der Waals surface area contributed by atoms with E-state index in [1.165, 1.54) is 6.07 Å². The Morgan fingerprint density at radius 2 is 2.38 bits per heavy atom. The molecule has 1 aromatic heterocycles. The molecule has 1 atom stereocenters. The van der Waals surface area contributed by atoms with Gasteiger partial charge in [0, 0.05) is 12.1 Å². The number of furan rings is 1. The molecule has 0 spiro atoms. The molecule has 4 heteroatoms. The molecule has 0 aliphatic rings. The summed E-state index contributed by atoms with van der Waals surface area (Å²) in [4.78, 5) is 11.3. The average molecular weight is 182 g/mol. The van der Waals surface area contributed by atoms with E-state index in [-0.39, 0.29) is 23.5 Å². The van der Waals surface area contributed by atoms with E-state index in [0.717, 1.165) is 12.7 Å². The molecule has 0 aliphatic carbocycles. The second-order valence-electron chi connectivity index (χ2n) is 2.93. The third-order valence-corrected chi connectivity index (χ3v) is 1.79. The van der Waals surface area contributed by atoms with E-state index in [1.807, 2.05) is 13.8 Å². The standard InChI is InChI=1S/C9H12NO3/c1-3-6(2)10-9(12)8-4-7(11)5-13-8/h4-6H,3H2,1-2H3,(H,10,12). The maximum Gasteiger partial charge on any atom is 0.287 e. The molecule has 0 bridgehead atoms. The summed E-state index contributed by atoms with van der Waals surface area (Å²) in [5, 5.41) is 13.4. The lowest BCUT2D eigenvalue weighted by Gasteiger charge is -2.08. The number of hydrogen-bond donors (Lipinski definition) is 1. The van der Waals surface area contributed by atoms with Crippen molar-refractivity contribution in [3.63, 3.8) is 0 Å². The summed E-state index contributed by atoms with van der Waals surface area (Å²) >= 11 is 0. The first kappa shape index (κ1) is 9.64. The van der Waals surface area contributed by atoms with Crippen LogP contribution in [0.25, 0.3) is 0 Å². The third kappa shape index (κ3) is 2.50. The van der Waals surface area contributed by atoms with Gasteiger partial charge in [0.2, 0.25) is 5.75 Å². The Bertz CT molecular complexity index is 293. The van der Waals surface area contributed by atoms with Gasteiger partial charge in [0.15, 0.2) is 5.76 Å². The molecule has 4 nitrogen and oxygen atoms in total. The monoisotopic (exact) mass is 182 g/mol. The fourth-order valence-corrected chi connectivity index (χ4v) is 0.835. The molecular formula is C9H12NO3. The smallest absolute Gasteiger partial charge is 0.287 e. The minimum atomic E-state index is -0.337. The molecule has 0 saturated carbocycles. The predicted molar refractivity (Wildman–Crippen MR) is 46.1 cm³/mol. The minimum Gasteiger partial charge on any atom is -0.455 e. The fourth-order valence-electron chi connectivity index (χ4n) is 0.835. The maximum absolute atomic E-state index is 11.3. The van der Waals surface area contributed by atoms with E-state index in [9.17, 15) is 9.90 Å². The van der Waals surface area contributed by atoms with E-state index in [1.54, 1.807) is 0 Å². The normalized spacial score (nSPS) is 12.5. The molecule has 71 valence electrons. The van der Waals surface area contributed by atoms with Gasteiger partial charge in [-0.05, 0) is 13.3 Å². The van der Waals surface area contributed by atoms with E-state index in [2.05, 4.69) is 5.32 Å². The Hall–Kier alpha value is -1.45. The van der Waals surface area contributed by atoms with E-state index >= 15 is 0 Å². The highest BCUT2D eigenvalue weighted by atomic mass is 16.4. The van der Waals surface area contributed by atoms with Crippen LogP contribution in [0.4, 0.5) is 0 Å². The van der Waals surface area contributed by atoms with Crippen molar-refractivity contribution in [1.82, 2.24) is 5.32 Å². The van der Waals surface area contributed by atoms with Gasteiger partial charge < -0.3 is 9.73 Å². The van der Waals surface area contributed by atoms with Gasteiger partial charge in [-0.15, -0.1) is 0 Å². The molecule has 0 aliphatic heterocycles. The number of nitrogens with one attached hydrogen (secondary N) is 1. The summed E-state index contributed by atoms with van der Waals surface area (Å²) < 4.78 is 4.75. The Morgan fingerprint density at radius 3 is 2.85 bits per heavy atom. The largest absolute Gasteiger partial charge is 0.455 e. The van der Waals surface area contributed by atoms with Crippen molar-refractivity contribution in [2.75, 3.05) is 0 Å². The SMILES string of the molecule is CCC(C)NC(=O)c1cc([O])co1. The summed E-state index contributed by atoms with van der Waals surface area (Å²) in [7, 11) is 0. The average Bonchev–Trinajstić information content (AvgIpc) is 2.51. The van der Waals surface area contributed by atoms with Crippen LogP contribution in [0, 0.1) is 0 Å². The Balaban J connectivity index is 2.58. The zero-order valence-corrected chi connectivity index (χ0v) is 7.66. The first-order chi connectivity index (χ1) is 6.13. The van der Waals surface area contributed by atoms with Gasteiger partial charge in [-0.2, -0.15) is 0 Å². The highest BCUT2D eigenvalue weighted by Gasteiger charge is 2.12. The highest BCUT2D eigenvalue weighted by Crippen LogP contribution is 2.14. The fraction of sp³-hybridized carbons (Fsp3) is 0.444. The molecule has 13 heavy (non-hydrogen) atoms. The molecule has 1 N–H and O–H groups in total. The van der Waals surface area contributed by atoms with Gasteiger partial charge in [-0.25, -0.2) is 0 Å². The third-order valence-electron chi connectivity index (χ3n) is 1.79. The van der Waals surface area contributed by atoms with Crippen LogP contribution >= 0.6 is 0 Å². The Labute approximate surface area is 76.6 Å². The van der Waals surface area contributed by atoms with Crippen LogP contribution in [-0.4, -0.2) is 11.9 Å². The van der Waals surface area contributed by atoms with Gasteiger partial charge in [0.25, 0.3) is 5.91 Å². The molecule has 1 unspecified atom stereocenters. The van der Waals surface area contributed by atoms with E-state index < -0.39 is 0 Å². The number of carbonyl (C=O) groups is 1. The van der Waals surface area contributed by atoms with Crippen LogP contribution in [0.5, 0.6) is 5.75 Å². The quantitative estimate of drug-likeness (QED) is 0.776. The molecule has 1 heterocycles. The zero-order chi connectivity index (χ0) is 9.84. The van der Waals surface area contributed by atoms with Crippen molar-refractivity contribution in [1.29, 1.82) is 0 Å². The molecule has 0 saturated heterocycles. The maximum atomic E-state index is 11.3. The summed E-state index contributed by atoms with van der Waals surface area (Å²) in [5.74, 6) is -0.545. The number of rotatable bonds is 3. The first-order valence-electron chi connectivity index (χ1n) is 4.20. The number of hydrogen-bond acceptors (Lipinski definition) is 2. The molecule has 1 rings (SSSR count). The van der Waals surface area contributed by atoms with Gasteiger partial charge in [0.05, 0.1) is 0 Å². The number of amides is 1. The van der Waals surface area contributed by atoms with Crippen LogP contribution in [0.2, 0.25) is 0 Å². The van der Waals surface area contributed by atoms with Crippen LogP contribution in [-0.2, 0) is 5.11 Å². The van der Waals surface area contributed by atoms with E-state index in [4.69, 9.17) is 4.42 Å². The lowest BCUT2D eigenvalue weighted by molar-refractivity contribution is 0.0911. The topological polar surface area (TPSA) is 62.1 Å². The summed E-state index contributed by atoms with van der Waals surface area (Å²) in [5.41, 5.74) is 0. The lowest BCUT2D eigenvalue weighted by Crippen LogP contribution is -2.31. The molecular weight excluding hydrogens is 170 g/mol. The van der Waals surface area contributed by atoms with Crippen LogP contribution in [0.3, 0.4) is 0 Å². The molecule has 1 aromatic rings. The molecule has 1 radical (unpaired) electrons. The second-order valence-corrected chi connectivity index (χ2v) is 2.93.